The molecule has 1 aromatic carbocycles. The molecule has 0 bridgehead atoms. The number of benzene rings is 1. The summed E-state index contributed by atoms with van der Waals surface area (Å²) in [5, 5.41) is 14.6. The number of hydrogen-bond acceptors (Lipinski definition) is 3. The second-order valence-corrected chi connectivity index (χ2v) is 5.57. The minimum atomic E-state index is -1.50. The van der Waals surface area contributed by atoms with E-state index < -0.39 is 23.1 Å². The maximum Gasteiger partial charge on any atom is 0.333 e. The molecule has 0 saturated heterocycles. The van der Waals surface area contributed by atoms with Crippen LogP contribution in [0.4, 0.5) is 4.79 Å². The highest BCUT2D eigenvalue weighted by atomic mass is 16.5. The van der Waals surface area contributed by atoms with Gasteiger partial charge in [0.05, 0.1) is 5.60 Å². The lowest BCUT2D eigenvalue weighted by Crippen LogP contribution is -2.54. The molecule has 1 aromatic rings. The van der Waals surface area contributed by atoms with Crippen molar-refractivity contribution >= 4 is 12.0 Å². The van der Waals surface area contributed by atoms with Crippen LogP contribution >= 0.6 is 0 Å². The van der Waals surface area contributed by atoms with Crippen molar-refractivity contribution in [1.82, 2.24) is 10.6 Å². The van der Waals surface area contributed by atoms with Gasteiger partial charge in [0.2, 0.25) is 0 Å². The van der Waals surface area contributed by atoms with Gasteiger partial charge in [-0.3, -0.25) is 0 Å². The highest BCUT2D eigenvalue weighted by Gasteiger charge is 2.37. The Labute approximate surface area is 124 Å². The number of methoxy groups -OCH3 is 1. The molecule has 3 N–H and O–H groups in total. The van der Waals surface area contributed by atoms with Gasteiger partial charge in [-0.1, -0.05) is 30.3 Å². The van der Waals surface area contributed by atoms with E-state index in [1.807, 2.05) is 13.8 Å². The minimum absolute atomic E-state index is 0.264. The molecule has 116 valence electrons. The number of ether oxygens (including phenoxy) is 1. The van der Waals surface area contributed by atoms with Crippen LogP contribution in [0.25, 0.3) is 0 Å². The summed E-state index contributed by atoms with van der Waals surface area (Å²) in [5.74, 6) is -1.13. The third-order valence-corrected chi connectivity index (χ3v) is 3.37. The SMILES string of the molecule is COC(C)(C)CNC(=O)NC(C)(C(=O)O)c1ccccc1. The van der Waals surface area contributed by atoms with Crippen LogP contribution in [-0.2, 0) is 15.1 Å². The normalized spacial score (nSPS) is 14.1. The number of carbonyl (C=O) groups excluding carboxylic acids is 1. The number of amides is 2. The molecule has 2 amide bonds. The number of nitrogens with one attached hydrogen (secondary N) is 2. The average Bonchev–Trinajstić information content (AvgIpc) is 2.46. The number of aliphatic carboxylic acids is 1. The Morgan fingerprint density at radius 3 is 2.24 bits per heavy atom. The Hall–Kier alpha value is -2.08. The lowest BCUT2D eigenvalue weighted by molar-refractivity contribution is -0.144. The smallest absolute Gasteiger partial charge is 0.333 e. The number of carboxylic acids is 1. The molecule has 0 saturated carbocycles. The molecule has 21 heavy (non-hydrogen) atoms. The van der Waals surface area contributed by atoms with Gasteiger partial charge in [-0.2, -0.15) is 0 Å². The fourth-order valence-corrected chi connectivity index (χ4v) is 1.66. The maximum atomic E-state index is 12.0. The third-order valence-electron chi connectivity index (χ3n) is 3.37. The number of urea groups is 1. The summed E-state index contributed by atoms with van der Waals surface area (Å²) in [7, 11) is 1.55. The molecule has 0 spiro atoms. The predicted molar refractivity (Wildman–Crippen MR) is 79.1 cm³/mol. The van der Waals surface area contributed by atoms with E-state index in [4.69, 9.17) is 4.74 Å². The highest BCUT2D eigenvalue weighted by Crippen LogP contribution is 2.20. The number of carbonyl (C=O) groups is 2. The molecular formula is C15H22N2O4. The summed E-state index contributed by atoms with van der Waals surface area (Å²) < 4.78 is 5.19. The first kappa shape index (κ1) is 17.0. The quantitative estimate of drug-likeness (QED) is 0.745. The van der Waals surface area contributed by atoms with E-state index in [1.165, 1.54) is 6.92 Å². The number of hydrogen-bond donors (Lipinski definition) is 3. The Morgan fingerprint density at radius 2 is 1.76 bits per heavy atom. The van der Waals surface area contributed by atoms with Crippen LogP contribution in [0.15, 0.2) is 30.3 Å². The molecule has 1 rings (SSSR count). The topological polar surface area (TPSA) is 87.7 Å². The van der Waals surface area contributed by atoms with Crippen LogP contribution < -0.4 is 10.6 Å². The van der Waals surface area contributed by atoms with Crippen molar-refractivity contribution in [2.24, 2.45) is 0 Å². The molecule has 0 aliphatic heterocycles. The van der Waals surface area contributed by atoms with Crippen LogP contribution in [-0.4, -0.2) is 36.4 Å². The van der Waals surface area contributed by atoms with Crippen molar-refractivity contribution in [3.8, 4) is 0 Å². The summed E-state index contributed by atoms with van der Waals surface area (Å²) in [6.45, 7) is 5.35. The van der Waals surface area contributed by atoms with E-state index in [9.17, 15) is 14.7 Å². The predicted octanol–water partition coefficient (Wildman–Crippen LogP) is 1.71. The van der Waals surface area contributed by atoms with Gasteiger partial charge >= 0.3 is 12.0 Å². The second kappa shape index (κ2) is 6.58. The van der Waals surface area contributed by atoms with Crippen molar-refractivity contribution in [3.05, 3.63) is 35.9 Å². The summed E-state index contributed by atoms with van der Waals surface area (Å²) in [6, 6.07) is 8.00. The Balaban J connectivity index is 2.81. The van der Waals surface area contributed by atoms with Gasteiger partial charge in [0.15, 0.2) is 5.54 Å². The number of carboxylic acid groups (broad SMARTS) is 1. The van der Waals surface area contributed by atoms with Gasteiger partial charge in [-0.05, 0) is 26.3 Å². The van der Waals surface area contributed by atoms with Crippen LogP contribution in [0.5, 0.6) is 0 Å². The molecule has 6 heteroatoms. The highest BCUT2D eigenvalue weighted by molar-refractivity contribution is 5.87. The minimum Gasteiger partial charge on any atom is -0.479 e. The zero-order chi connectivity index (χ0) is 16.1. The molecule has 0 aliphatic carbocycles. The van der Waals surface area contributed by atoms with Crippen LogP contribution in [0.3, 0.4) is 0 Å². The van der Waals surface area contributed by atoms with Crippen molar-refractivity contribution in [3.63, 3.8) is 0 Å². The van der Waals surface area contributed by atoms with Crippen LogP contribution in [0.2, 0.25) is 0 Å². The largest absolute Gasteiger partial charge is 0.479 e. The first-order valence-corrected chi connectivity index (χ1v) is 6.61. The molecular weight excluding hydrogens is 272 g/mol. The van der Waals surface area contributed by atoms with Crippen LogP contribution in [0.1, 0.15) is 26.3 Å². The van der Waals surface area contributed by atoms with E-state index in [0.29, 0.717) is 5.56 Å². The van der Waals surface area contributed by atoms with Gasteiger partial charge in [0, 0.05) is 13.7 Å². The monoisotopic (exact) mass is 294 g/mol. The van der Waals surface area contributed by atoms with E-state index in [-0.39, 0.29) is 6.54 Å². The molecule has 0 aliphatic rings. The van der Waals surface area contributed by atoms with Gasteiger partial charge in [-0.25, -0.2) is 9.59 Å². The third kappa shape index (κ3) is 4.46. The lowest BCUT2D eigenvalue weighted by Gasteiger charge is -2.28. The van der Waals surface area contributed by atoms with Crippen molar-refractivity contribution in [2.45, 2.75) is 31.9 Å². The van der Waals surface area contributed by atoms with Gasteiger partial charge in [0.1, 0.15) is 0 Å². The summed E-state index contributed by atoms with van der Waals surface area (Å²) in [4.78, 5) is 23.5. The van der Waals surface area contributed by atoms with Gasteiger partial charge in [-0.15, -0.1) is 0 Å². The van der Waals surface area contributed by atoms with Crippen LogP contribution in [0, 0.1) is 0 Å². The molecule has 0 heterocycles. The fraction of sp³-hybridized carbons (Fsp3) is 0.467. The van der Waals surface area contributed by atoms with E-state index >= 15 is 0 Å². The molecule has 1 unspecified atom stereocenters. The first-order chi connectivity index (χ1) is 9.71. The average molecular weight is 294 g/mol. The van der Waals surface area contributed by atoms with E-state index in [1.54, 1.807) is 37.4 Å². The Bertz CT molecular complexity index is 502. The van der Waals surface area contributed by atoms with Gasteiger partial charge in [0.25, 0.3) is 0 Å². The standard InChI is InChI=1S/C15H22N2O4/c1-14(2,21-4)10-16-13(20)17-15(3,12(18)19)11-8-6-5-7-9-11/h5-9H,10H2,1-4H3,(H,18,19)(H2,16,17,20). The molecule has 6 nitrogen and oxygen atoms in total. The van der Waals surface area contributed by atoms with E-state index in [0.717, 1.165) is 0 Å². The summed E-state index contributed by atoms with van der Waals surface area (Å²) in [6.07, 6.45) is 0. The lowest BCUT2D eigenvalue weighted by atomic mass is 9.92. The number of rotatable bonds is 6. The molecule has 0 aromatic heterocycles. The van der Waals surface area contributed by atoms with Gasteiger partial charge < -0.3 is 20.5 Å². The first-order valence-electron chi connectivity index (χ1n) is 6.61. The Kier molecular flexibility index (Phi) is 5.32. The summed E-state index contributed by atoms with van der Waals surface area (Å²) >= 11 is 0. The Morgan fingerprint density at radius 1 is 1.19 bits per heavy atom. The zero-order valence-electron chi connectivity index (χ0n) is 12.8. The molecule has 1 atom stereocenters. The second-order valence-electron chi connectivity index (χ2n) is 5.57. The van der Waals surface area contributed by atoms with E-state index in [2.05, 4.69) is 10.6 Å². The van der Waals surface area contributed by atoms with Crippen molar-refractivity contribution in [1.29, 1.82) is 0 Å². The summed E-state index contributed by atoms with van der Waals surface area (Å²) in [5.41, 5.74) is -1.52. The maximum absolute atomic E-state index is 12.0. The van der Waals surface area contributed by atoms with Crippen molar-refractivity contribution < 1.29 is 19.4 Å². The molecule has 0 fully saturated rings. The zero-order valence-corrected chi connectivity index (χ0v) is 12.8. The van der Waals surface area contributed by atoms with Crippen molar-refractivity contribution in [2.75, 3.05) is 13.7 Å². The molecule has 0 radical (unpaired) electrons. The fourth-order valence-electron chi connectivity index (χ4n) is 1.66.